The van der Waals surface area contributed by atoms with E-state index in [1.807, 2.05) is 11.3 Å². The first kappa shape index (κ1) is 11.0. The minimum absolute atomic E-state index is 1.01. The van der Waals surface area contributed by atoms with Crippen LogP contribution in [0.3, 0.4) is 0 Å². The first-order valence-electron chi connectivity index (χ1n) is 6.29. The van der Waals surface area contributed by atoms with E-state index in [1.54, 1.807) is 0 Å². The maximum absolute atomic E-state index is 3.38. The highest BCUT2D eigenvalue weighted by Gasteiger charge is 2.13. The van der Waals surface area contributed by atoms with Gasteiger partial charge in [0.05, 0.1) is 0 Å². The van der Waals surface area contributed by atoms with Gasteiger partial charge < -0.3 is 5.32 Å². The maximum Gasteiger partial charge on any atom is 0.0351 e. The van der Waals surface area contributed by atoms with Gasteiger partial charge in [0.15, 0.2) is 0 Å². The Labute approximate surface area is 106 Å². The van der Waals surface area contributed by atoms with Gasteiger partial charge in [0, 0.05) is 16.6 Å². The Balaban J connectivity index is 2.19. The number of hydrogen-bond acceptors (Lipinski definition) is 2. The Kier molecular flexibility index (Phi) is 3.00. The van der Waals surface area contributed by atoms with Gasteiger partial charge in [-0.1, -0.05) is 25.1 Å². The largest absolute Gasteiger partial charge is 0.313 e. The van der Waals surface area contributed by atoms with E-state index in [2.05, 4.69) is 41.9 Å². The Hall–Kier alpha value is -1.12. The molecular formula is C15H17NS. The molecule has 0 bridgehead atoms. The van der Waals surface area contributed by atoms with Gasteiger partial charge in [-0.15, -0.1) is 11.3 Å². The van der Waals surface area contributed by atoms with Crippen LogP contribution in [0.15, 0.2) is 29.7 Å². The van der Waals surface area contributed by atoms with Crippen LogP contribution in [-0.2, 0) is 6.42 Å². The lowest BCUT2D eigenvalue weighted by atomic mass is 9.96. The van der Waals surface area contributed by atoms with Crippen molar-refractivity contribution in [2.45, 2.75) is 19.8 Å². The fourth-order valence-electron chi connectivity index (χ4n) is 2.56. The highest BCUT2D eigenvalue weighted by atomic mass is 32.1. The summed E-state index contributed by atoms with van der Waals surface area (Å²) in [7, 11) is 0. The topological polar surface area (TPSA) is 12.0 Å². The third kappa shape index (κ3) is 1.92. The van der Waals surface area contributed by atoms with Gasteiger partial charge in [0.2, 0.25) is 0 Å². The van der Waals surface area contributed by atoms with Crippen LogP contribution in [-0.4, -0.2) is 13.1 Å². The molecule has 1 nitrogen and oxygen atoms in total. The van der Waals surface area contributed by atoms with Crippen molar-refractivity contribution in [3.63, 3.8) is 0 Å². The molecule has 2 heterocycles. The second kappa shape index (κ2) is 4.63. The quantitative estimate of drug-likeness (QED) is 0.845. The van der Waals surface area contributed by atoms with Crippen LogP contribution >= 0.6 is 11.3 Å². The molecule has 1 N–H and O–H groups in total. The minimum atomic E-state index is 1.01. The highest BCUT2D eigenvalue weighted by Crippen LogP contribution is 2.35. The van der Waals surface area contributed by atoms with Gasteiger partial charge in [-0.2, -0.15) is 0 Å². The van der Waals surface area contributed by atoms with Crippen molar-refractivity contribution >= 4 is 27.0 Å². The molecule has 88 valence electrons. The summed E-state index contributed by atoms with van der Waals surface area (Å²) in [5, 5.41) is 7.21. The molecular weight excluding hydrogens is 226 g/mol. The Morgan fingerprint density at radius 2 is 2.29 bits per heavy atom. The summed E-state index contributed by atoms with van der Waals surface area (Å²) >= 11 is 1.88. The van der Waals surface area contributed by atoms with Crippen LogP contribution in [0.4, 0.5) is 0 Å². The van der Waals surface area contributed by atoms with Crippen molar-refractivity contribution in [2.75, 3.05) is 13.1 Å². The number of aryl methyl sites for hydroxylation is 1. The first-order chi connectivity index (χ1) is 8.40. The summed E-state index contributed by atoms with van der Waals surface area (Å²) in [5.74, 6) is 0. The molecule has 1 aliphatic heterocycles. The summed E-state index contributed by atoms with van der Waals surface area (Å²) < 4.78 is 1.43. The summed E-state index contributed by atoms with van der Waals surface area (Å²) in [6.45, 7) is 4.37. The molecule has 2 aromatic rings. The van der Waals surface area contributed by atoms with Crippen LogP contribution in [0.1, 0.15) is 24.5 Å². The maximum atomic E-state index is 3.38. The Morgan fingerprint density at radius 1 is 1.35 bits per heavy atom. The molecule has 2 heteroatoms. The third-order valence-corrected chi connectivity index (χ3v) is 4.42. The van der Waals surface area contributed by atoms with Gasteiger partial charge in [0.25, 0.3) is 0 Å². The van der Waals surface area contributed by atoms with Crippen molar-refractivity contribution in [1.29, 1.82) is 0 Å². The second-order valence-corrected chi connectivity index (χ2v) is 5.39. The first-order valence-corrected chi connectivity index (χ1v) is 7.17. The predicted molar refractivity (Wildman–Crippen MR) is 76.7 cm³/mol. The number of thiophene rings is 1. The van der Waals surface area contributed by atoms with Gasteiger partial charge >= 0.3 is 0 Å². The van der Waals surface area contributed by atoms with Crippen LogP contribution < -0.4 is 5.32 Å². The van der Waals surface area contributed by atoms with Crippen molar-refractivity contribution in [1.82, 2.24) is 5.32 Å². The molecule has 0 saturated carbocycles. The third-order valence-electron chi connectivity index (χ3n) is 3.48. The van der Waals surface area contributed by atoms with Crippen molar-refractivity contribution in [3.05, 3.63) is 40.8 Å². The number of hydrogen-bond donors (Lipinski definition) is 1. The summed E-state index contributed by atoms with van der Waals surface area (Å²) in [6.07, 6.45) is 4.62. The lowest BCUT2D eigenvalue weighted by Crippen LogP contribution is -2.19. The molecule has 0 unspecified atom stereocenters. The van der Waals surface area contributed by atoms with Crippen LogP contribution in [0, 0.1) is 0 Å². The molecule has 17 heavy (non-hydrogen) atoms. The van der Waals surface area contributed by atoms with E-state index in [0.717, 1.165) is 25.9 Å². The van der Waals surface area contributed by atoms with Gasteiger partial charge in [-0.3, -0.25) is 0 Å². The predicted octanol–water partition coefficient (Wildman–Crippen LogP) is 3.84. The van der Waals surface area contributed by atoms with Gasteiger partial charge in [0.1, 0.15) is 0 Å². The Morgan fingerprint density at radius 3 is 3.06 bits per heavy atom. The number of benzene rings is 1. The molecule has 3 rings (SSSR count). The summed E-state index contributed by atoms with van der Waals surface area (Å²) in [4.78, 5) is 0. The number of nitrogens with one attached hydrogen (secondary N) is 1. The standard InChI is InChI=1S/C15H17NS/c1-2-11-4-3-5-14-15(11)13(10-17-14)12-6-8-16-9-7-12/h3-6,10,16H,2,7-9H2,1H3. The lowest BCUT2D eigenvalue weighted by Gasteiger charge is -2.14. The van der Waals surface area contributed by atoms with E-state index >= 15 is 0 Å². The van der Waals surface area contributed by atoms with E-state index in [-0.39, 0.29) is 0 Å². The van der Waals surface area contributed by atoms with Crippen molar-refractivity contribution < 1.29 is 0 Å². The fourth-order valence-corrected chi connectivity index (χ4v) is 3.59. The van der Waals surface area contributed by atoms with E-state index in [0.29, 0.717) is 0 Å². The number of fused-ring (bicyclic) bond motifs is 1. The van der Waals surface area contributed by atoms with Crippen molar-refractivity contribution in [2.24, 2.45) is 0 Å². The molecule has 1 aromatic carbocycles. The van der Waals surface area contributed by atoms with E-state index < -0.39 is 0 Å². The molecule has 0 radical (unpaired) electrons. The molecule has 0 saturated heterocycles. The molecule has 0 atom stereocenters. The fraction of sp³-hybridized carbons (Fsp3) is 0.333. The summed E-state index contributed by atoms with van der Waals surface area (Å²) in [5.41, 5.74) is 4.48. The van der Waals surface area contributed by atoms with Crippen LogP contribution in [0.5, 0.6) is 0 Å². The normalized spacial score (nSPS) is 16.2. The monoisotopic (exact) mass is 243 g/mol. The van der Waals surface area contributed by atoms with E-state index in [1.165, 1.54) is 26.8 Å². The Bertz CT molecular complexity index is 565. The van der Waals surface area contributed by atoms with Crippen molar-refractivity contribution in [3.8, 4) is 0 Å². The average Bonchev–Trinajstić information content (AvgIpc) is 2.83. The molecule has 1 aliphatic rings. The minimum Gasteiger partial charge on any atom is -0.313 e. The zero-order valence-electron chi connectivity index (χ0n) is 10.1. The van der Waals surface area contributed by atoms with Gasteiger partial charge in [-0.25, -0.2) is 0 Å². The van der Waals surface area contributed by atoms with Crippen LogP contribution in [0.2, 0.25) is 0 Å². The zero-order valence-corrected chi connectivity index (χ0v) is 10.9. The molecule has 0 spiro atoms. The second-order valence-electron chi connectivity index (χ2n) is 4.48. The van der Waals surface area contributed by atoms with Gasteiger partial charge in [-0.05, 0) is 47.5 Å². The highest BCUT2D eigenvalue weighted by molar-refractivity contribution is 7.17. The molecule has 0 fully saturated rings. The zero-order chi connectivity index (χ0) is 11.7. The smallest absolute Gasteiger partial charge is 0.0351 e. The van der Waals surface area contributed by atoms with E-state index in [4.69, 9.17) is 0 Å². The SMILES string of the molecule is CCc1cccc2scc(C3=CCNCC3)c12. The molecule has 0 aliphatic carbocycles. The lowest BCUT2D eigenvalue weighted by molar-refractivity contribution is 0.739. The van der Waals surface area contributed by atoms with E-state index in [9.17, 15) is 0 Å². The molecule has 0 amide bonds. The average molecular weight is 243 g/mol. The number of rotatable bonds is 2. The summed E-state index contributed by atoms with van der Waals surface area (Å²) in [6, 6.07) is 6.68. The molecule has 1 aromatic heterocycles. The van der Waals surface area contributed by atoms with Crippen LogP contribution in [0.25, 0.3) is 15.7 Å².